The van der Waals surface area contributed by atoms with Crippen LogP contribution in [0.1, 0.15) is 34.1 Å². The van der Waals surface area contributed by atoms with Crippen molar-refractivity contribution < 1.29 is 9.90 Å². The van der Waals surface area contributed by atoms with E-state index in [1.54, 1.807) is 18.3 Å². The molecule has 1 aliphatic heterocycles. The van der Waals surface area contributed by atoms with Crippen LogP contribution in [0.25, 0.3) is 0 Å². The van der Waals surface area contributed by atoms with E-state index >= 15 is 0 Å². The van der Waals surface area contributed by atoms with Gasteiger partial charge in [-0.05, 0) is 43.2 Å². The molecular weight excluding hydrogens is 268 g/mol. The van der Waals surface area contributed by atoms with E-state index in [9.17, 15) is 4.79 Å². The Labute approximate surface area is 122 Å². The van der Waals surface area contributed by atoms with Gasteiger partial charge in [-0.1, -0.05) is 0 Å². The summed E-state index contributed by atoms with van der Waals surface area (Å²) in [6.45, 7) is 2.73. The smallest absolute Gasteiger partial charge is 0.335 e. The average Bonchev–Trinajstić information content (AvgIpc) is 2.47. The van der Waals surface area contributed by atoms with E-state index in [2.05, 4.69) is 20.6 Å². The second kappa shape index (κ2) is 5.40. The Morgan fingerprint density at radius 2 is 2.29 bits per heavy atom. The molecule has 108 valence electrons. The highest BCUT2D eigenvalue weighted by atomic mass is 16.4. The van der Waals surface area contributed by atoms with Crippen molar-refractivity contribution in [1.82, 2.24) is 9.97 Å². The first-order chi connectivity index (χ1) is 10.1. The number of aromatic carboxylic acids is 1. The van der Waals surface area contributed by atoms with Gasteiger partial charge in [-0.2, -0.15) is 0 Å². The van der Waals surface area contributed by atoms with Gasteiger partial charge in [0.2, 0.25) is 5.95 Å². The lowest BCUT2D eigenvalue weighted by Crippen LogP contribution is -2.23. The van der Waals surface area contributed by atoms with Crippen LogP contribution in [-0.2, 0) is 0 Å². The number of fused-ring (bicyclic) bond motifs is 1. The van der Waals surface area contributed by atoms with Gasteiger partial charge in [0, 0.05) is 24.1 Å². The molecule has 1 aromatic heterocycles. The molecule has 0 bridgehead atoms. The topological polar surface area (TPSA) is 87.1 Å². The molecule has 3 rings (SSSR count). The molecule has 1 atom stereocenters. The van der Waals surface area contributed by atoms with E-state index in [4.69, 9.17) is 5.11 Å². The number of nitrogens with zero attached hydrogens (tertiary/aromatic N) is 2. The monoisotopic (exact) mass is 284 g/mol. The summed E-state index contributed by atoms with van der Waals surface area (Å²) in [6, 6.07) is 6.97. The number of anilines is 2. The molecule has 2 heterocycles. The highest BCUT2D eigenvalue weighted by Crippen LogP contribution is 2.32. The Morgan fingerprint density at radius 3 is 3.05 bits per heavy atom. The Bertz CT molecular complexity index is 687. The van der Waals surface area contributed by atoms with Crippen LogP contribution in [0.3, 0.4) is 0 Å². The van der Waals surface area contributed by atoms with Gasteiger partial charge >= 0.3 is 5.97 Å². The maximum atomic E-state index is 11.1. The third-order valence-corrected chi connectivity index (χ3v) is 3.52. The molecule has 1 aromatic carbocycles. The third kappa shape index (κ3) is 2.79. The van der Waals surface area contributed by atoms with Gasteiger partial charge in [0.1, 0.15) is 0 Å². The molecule has 0 fully saturated rings. The molecule has 1 aliphatic rings. The van der Waals surface area contributed by atoms with Crippen molar-refractivity contribution in [2.24, 2.45) is 0 Å². The molecule has 21 heavy (non-hydrogen) atoms. The lowest BCUT2D eigenvalue weighted by molar-refractivity contribution is 0.0697. The summed E-state index contributed by atoms with van der Waals surface area (Å²) in [4.78, 5) is 19.7. The number of hydrogen-bond donors (Lipinski definition) is 3. The van der Waals surface area contributed by atoms with Crippen molar-refractivity contribution in [2.45, 2.75) is 19.4 Å². The lowest BCUT2D eigenvalue weighted by atomic mass is 9.96. The van der Waals surface area contributed by atoms with Crippen LogP contribution in [0.4, 0.5) is 11.6 Å². The minimum absolute atomic E-state index is 0.00218. The number of aromatic nitrogens is 2. The average molecular weight is 284 g/mol. The standard InChI is InChI=1S/C15H16N4O2/c1-9-4-6-17-15(18-9)19-13-5-7-16-12-3-2-10(14(20)21)8-11(12)13/h2-4,6,8,13,16H,5,7H2,1H3,(H,20,21)(H,17,18,19). The summed E-state index contributed by atoms with van der Waals surface area (Å²) in [5.74, 6) is -0.359. The van der Waals surface area contributed by atoms with Crippen molar-refractivity contribution in [2.75, 3.05) is 17.2 Å². The van der Waals surface area contributed by atoms with Crippen LogP contribution in [0.15, 0.2) is 30.5 Å². The van der Waals surface area contributed by atoms with E-state index < -0.39 is 5.97 Å². The fraction of sp³-hybridized carbons (Fsp3) is 0.267. The number of aryl methyl sites for hydroxylation is 1. The van der Waals surface area contributed by atoms with E-state index in [1.807, 2.05) is 19.1 Å². The first kappa shape index (κ1) is 13.4. The fourth-order valence-electron chi connectivity index (χ4n) is 2.48. The van der Waals surface area contributed by atoms with E-state index in [0.29, 0.717) is 5.95 Å². The van der Waals surface area contributed by atoms with Crippen molar-refractivity contribution >= 4 is 17.6 Å². The Morgan fingerprint density at radius 1 is 1.43 bits per heavy atom. The van der Waals surface area contributed by atoms with Crippen LogP contribution in [0.2, 0.25) is 0 Å². The highest BCUT2D eigenvalue weighted by molar-refractivity contribution is 5.88. The quantitative estimate of drug-likeness (QED) is 0.802. The second-order valence-electron chi connectivity index (χ2n) is 5.04. The third-order valence-electron chi connectivity index (χ3n) is 3.52. The van der Waals surface area contributed by atoms with Gasteiger partial charge < -0.3 is 15.7 Å². The first-order valence-corrected chi connectivity index (χ1v) is 6.81. The van der Waals surface area contributed by atoms with E-state index in [0.717, 1.165) is 29.9 Å². The number of carboxylic acid groups (broad SMARTS) is 1. The van der Waals surface area contributed by atoms with Gasteiger partial charge in [-0.15, -0.1) is 0 Å². The van der Waals surface area contributed by atoms with Crippen molar-refractivity contribution in [3.8, 4) is 0 Å². The number of nitrogens with one attached hydrogen (secondary N) is 2. The molecule has 6 heteroatoms. The number of carboxylic acids is 1. The van der Waals surface area contributed by atoms with Gasteiger partial charge in [-0.25, -0.2) is 14.8 Å². The van der Waals surface area contributed by atoms with Crippen LogP contribution in [-0.4, -0.2) is 27.6 Å². The van der Waals surface area contributed by atoms with Gasteiger partial charge in [0.25, 0.3) is 0 Å². The maximum Gasteiger partial charge on any atom is 0.335 e. The van der Waals surface area contributed by atoms with Gasteiger partial charge in [0.15, 0.2) is 0 Å². The molecule has 0 saturated heterocycles. The maximum absolute atomic E-state index is 11.1. The van der Waals surface area contributed by atoms with Crippen LogP contribution in [0.5, 0.6) is 0 Å². The lowest BCUT2D eigenvalue weighted by Gasteiger charge is -2.27. The fourth-order valence-corrected chi connectivity index (χ4v) is 2.48. The molecule has 0 spiro atoms. The molecule has 2 aromatic rings. The van der Waals surface area contributed by atoms with Gasteiger partial charge in [-0.3, -0.25) is 0 Å². The minimum Gasteiger partial charge on any atom is -0.478 e. The van der Waals surface area contributed by atoms with Gasteiger partial charge in [0.05, 0.1) is 11.6 Å². The Kier molecular flexibility index (Phi) is 3.43. The van der Waals surface area contributed by atoms with Crippen molar-refractivity contribution in [3.63, 3.8) is 0 Å². The summed E-state index contributed by atoms with van der Waals surface area (Å²) >= 11 is 0. The predicted molar refractivity (Wildman–Crippen MR) is 79.6 cm³/mol. The minimum atomic E-state index is -0.922. The predicted octanol–water partition coefficient (Wildman–Crippen LogP) is 2.45. The number of benzene rings is 1. The summed E-state index contributed by atoms with van der Waals surface area (Å²) in [6.07, 6.45) is 2.55. The molecule has 1 unspecified atom stereocenters. The SMILES string of the molecule is Cc1ccnc(NC2CCNc3ccc(C(=O)O)cc32)n1. The summed E-state index contributed by atoms with van der Waals surface area (Å²) < 4.78 is 0. The molecule has 0 saturated carbocycles. The van der Waals surface area contributed by atoms with Crippen LogP contribution in [0, 0.1) is 6.92 Å². The zero-order valence-corrected chi connectivity index (χ0v) is 11.6. The number of hydrogen-bond acceptors (Lipinski definition) is 5. The molecule has 0 aliphatic carbocycles. The number of rotatable bonds is 3. The van der Waals surface area contributed by atoms with Crippen molar-refractivity contribution in [1.29, 1.82) is 0 Å². The van der Waals surface area contributed by atoms with Crippen molar-refractivity contribution in [3.05, 3.63) is 47.3 Å². The van der Waals surface area contributed by atoms with Crippen LogP contribution >= 0.6 is 0 Å². The molecule has 0 radical (unpaired) electrons. The zero-order chi connectivity index (χ0) is 14.8. The zero-order valence-electron chi connectivity index (χ0n) is 11.6. The summed E-state index contributed by atoms with van der Waals surface area (Å²) in [7, 11) is 0. The first-order valence-electron chi connectivity index (χ1n) is 6.81. The molecule has 3 N–H and O–H groups in total. The highest BCUT2D eigenvalue weighted by Gasteiger charge is 2.22. The Balaban J connectivity index is 1.92. The largest absolute Gasteiger partial charge is 0.478 e. The summed E-state index contributed by atoms with van der Waals surface area (Å²) in [5, 5.41) is 15.7. The molecular formula is C15H16N4O2. The molecule has 0 amide bonds. The Hall–Kier alpha value is -2.63. The van der Waals surface area contributed by atoms with E-state index in [-0.39, 0.29) is 11.6 Å². The normalized spacial score (nSPS) is 16.7. The summed E-state index contributed by atoms with van der Waals surface area (Å²) in [5.41, 5.74) is 3.07. The second-order valence-corrected chi connectivity index (χ2v) is 5.04. The number of carbonyl (C=O) groups is 1. The van der Waals surface area contributed by atoms with E-state index in [1.165, 1.54) is 0 Å². The molecule has 6 nitrogen and oxygen atoms in total. The van der Waals surface area contributed by atoms with Crippen LogP contribution < -0.4 is 10.6 Å².